The Morgan fingerprint density at radius 1 is 1.41 bits per heavy atom. The van der Waals surface area contributed by atoms with Crippen LogP contribution in [0.15, 0.2) is 24.4 Å². The Kier molecular flexibility index (Phi) is 4.07. The number of H-pyrrole nitrogens is 1. The van der Waals surface area contributed by atoms with E-state index >= 15 is 0 Å². The fraction of sp³-hybridized carbons (Fsp3) is 0.375. The van der Waals surface area contributed by atoms with Crippen molar-refractivity contribution in [3.05, 3.63) is 35.0 Å². The summed E-state index contributed by atoms with van der Waals surface area (Å²) in [5, 5.41) is 10.7. The van der Waals surface area contributed by atoms with E-state index in [4.69, 9.17) is 16.7 Å². The molecule has 0 saturated carbocycles. The van der Waals surface area contributed by atoms with Crippen LogP contribution < -0.4 is 0 Å². The lowest BCUT2D eigenvalue weighted by Crippen LogP contribution is -2.42. The third kappa shape index (κ3) is 2.95. The molecule has 2 heterocycles. The average Bonchev–Trinajstić information content (AvgIpc) is 2.89. The molecule has 1 aliphatic heterocycles. The van der Waals surface area contributed by atoms with Gasteiger partial charge in [0.15, 0.2) is 0 Å². The number of hydrogen-bond donors (Lipinski definition) is 2. The smallest absolute Gasteiger partial charge is 0.308 e. The minimum atomic E-state index is -0.823. The number of nitrogens with one attached hydrogen (secondary N) is 1. The van der Waals surface area contributed by atoms with Crippen molar-refractivity contribution in [1.82, 2.24) is 9.88 Å². The number of rotatable bonds is 3. The van der Waals surface area contributed by atoms with Gasteiger partial charge in [0.05, 0.1) is 12.3 Å². The third-order valence-electron chi connectivity index (χ3n) is 4.19. The molecule has 0 bridgehead atoms. The minimum absolute atomic E-state index is 0.0353. The first-order valence-electron chi connectivity index (χ1n) is 7.30. The number of halogens is 1. The summed E-state index contributed by atoms with van der Waals surface area (Å²) in [7, 11) is 0. The molecule has 0 aliphatic carbocycles. The van der Waals surface area contributed by atoms with Gasteiger partial charge in [-0.3, -0.25) is 9.59 Å². The molecule has 1 aromatic heterocycles. The topological polar surface area (TPSA) is 73.4 Å². The summed E-state index contributed by atoms with van der Waals surface area (Å²) in [6.45, 7) is 0.934. The van der Waals surface area contributed by atoms with Crippen LogP contribution in [-0.4, -0.2) is 40.0 Å². The first kappa shape index (κ1) is 14.9. The van der Waals surface area contributed by atoms with Crippen LogP contribution in [0.4, 0.5) is 0 Å². The molecule has 1 fully saturated rings. The fourth-order valence-corrected chi connectivity index (χ4v) is 3.15. The molecule has 0 spiro atoms. The van der Waals surface area contributed by atoms with Crippen molar-refractivity contribution in [2.45, 2.75) is 19.3 Å². The van der Waals surface area contributed by atoms with Crippen LogP contribution in [0.2, 0.25) is 5.02 Å². The molecular weight excluding hydrogens is 304 g/mol. The molecule has 1 aliphatic rings. The summed E-state index contributed by atoms with van der Waals surface area (Å²) in [5.74, 6) is -1.31. The van der Waals surface area contributed by atoms with Crippen molar-refractivity contribution in [3.8, 4) is 0 Å². The van der Waals surface area contributed by atoms with E-state index in [-0.39, 0.29) is 12.3 Å². The molecule has 1 saturated heterocycles. The summed E-state index contributed by atoms with van der Waals surface area (Å²) < 4.78 is 0. The highest BCUT2D eigenvalue weighted by atomic mass is 35.5. The van der Waals surface area contributed by atoms with Crippen molar-refractivity contribution in [1.29, 1.82) is 0 Å². The molecule has 1 unspecified atom stereocenters. The van der Waals surface area contributed by atoms with Crippen LogP contribution in [0.25, 0.3) is 10.9 Å². The van der Waals surface area contributed by atoms with Gasteiger partial charge in [0.2, 0.25) is 5.91 Å². The van der Waals surface area contributed by atoms with Crippen molar-refractivity contribution in [2.75, 3.05) is 13.1 Å². The second kappa shape index (κ2) is 6.01. The van der Waals surface area contributed by atoms with Gasteiger partial charge < -0.3 is 15.0 Å². The quantitative estimate of drug-likeness (QED) is 0.913. The lowest BCUT2D eigenvalue weighted by molar-refractivity contribution is -0.145. The Hall–Kier alpha value is -2.01. The van der Waals surface area contributed by atoms with E-state index in [0.29, 0.717) is 24.5 Å². The van der Waals surface area contributed by atoms with Gasteiger partial charge in [0.1, 0.15) is 0 Å². The number of fused-ring (bicyclic) bond motifs is 1. The van der Waals surface area contributed by atoms with Crippen molar-refractivity contribution < 1.29 is 14.7 Å². The lowest BCUT2D eigenvalue weighted by atomic mass is 9.97. The fourth-order valence-electron chi connectivity index (χ4n) is 2.98. The Balaban J connectivity index is 1.75. The predicted molar refractivity (Wildman–Crippen MR) is 84.0 cm³/mol. The first-order valence-corrected chi connectivity index (χ1v) is 7.68. The van der Waals surface area contributed by atoms with Gasteiger partial charge in [-0.15, -0.1) is 0 Å². The van der Waals surface area contributed by atoms with Gasteiger partial charge in [0, 0.05) is 35.2 Å². The zero-order valence-electron chi connectivity index (χ0n) is 12.0. The highest BCUT2D eigenvalue weighted by Crippen LogP contribution is 2.24. The highest BCUT2D eigenvalue weighted by molar-refractivity contribution is 6.31. The summed E-state index contributed by atoms with van der Waals surface area (Å²) in [6.07, 6.45) is 3.45. The molecule has 3 rings (SSSR count). The van der Waals surface area contributed by atoms with Crippen molar-refractivity contribution >= 4 is 34.4 Å². The van der Waals surface area contributed by atoms with E-state index in [9.17, 15) is 9.59 Å². The van der Waals surface area contributed by atoms with Gasteiger partial charge in [-0.25, -0.2) is 0 Å². The molecule has 5 nitrogen and oxygen atoms in total. The normalized spacial score (nSPS) is 18.6. The predicted octanol–water partition coefficient (Wildman–Crippen LogP) is 2.69. The van der Waals surface area contributed by atoms with Crippen LogP contribution in [0.1, 0.15) is 18.4 Å². The second-order valence-corrected chi connectivity index (χ2v) is 6.13. The number of carbonyl (C=O) groups is 2. The number of nitrogens with zero attached hydrogens (tertiary/aromatic N) is 1. The number of piperidine rings is 1. The number of aromatic amines is 1. The van der Waals surface area contributed by atoms with Gasteiger partial charge in [0.25, 0.3) is 0 Å². The molecule has 22 heavy (non-hydrogen) atoms. The SMILES string of the molecule is O=C(O)C1CCCN(C(=O)Cc2c[nH]c3ccc(Cl)cc23)C1. The molecule has 0 radical (unpaired) electrons. The molecule has 2 aromatic rings. The van der Waals surface area contributed by atoms with Gasteiger partial charge in [-0.2, -0.15) is 0 Å². The summed E-state index contributed by atoms with van der Waals surface area (Å²) in [6, 6.07) is 5.52. The van der Waals surface area contributed by atoms with Crippen LogP contribution in [-0.2, 0) is 16.0 Å². The summed E-state index contributed by atoms with van der Waals surface area (Å²) >= 11 is 6.01. The van der Waals surface area contributed by atoms with E-state index in [1.54, 1.807) is 11.0 Å². The van der Waals surface area contributed by atoms with Crippen LogP contribution in [0, 0.1) is 5.92 Å². The number of carbonyl (C=O) groups excluding carboxylic acids is 1. The van der Waals surface area contributed by atoms with Gasteiger partial charge in [-0.1, -0.05) is 11.6 Å². The standard InChI is InChI=1S/C16H17ClN2O3/c17-12-3-4-14-13(7-12)11(8-18-14)6-15(20)19-5-1-2-10(9-19)16(21)22/h3-4,7-8,10,18H,1-2,5-6,9H2,(H,21,22). The molecule has 6 heteroatoms. The molecule has 2 N–H and O–H groups in total. The largest absolute Gasteiger partial charge is 0.481 e. The van der Waals surface area contributed by atoms with E-state index in [1.165, 1.54) is 0 Å². The van der Waals surface area contributed by atoms with Crippen molar-refractivity contribution in [2.24, 2.45) is 5.92 Å². The van der Waals surface area contributed by atoms with Gasteiger partial charge >= 0.3 is 5.97 Å². The monoisotopic (exact) mass is 320 g/mol. The lowest BCUT2D eigenvalue weighted by Gasteiger charge is -2.30. The second-order valence-electron chi connectivity index (χ2n) is 5.70. The summed E-state index contributed by atoms with van der Waals surface area (Å²) in [4.78, 5) is 28.3. The summed E-state index contributed by atoms with van der Waals surface area (Å²) in [5.41, 5.74) is 1.83. The maximum absolute atomic E-state index is 12.4. The minimum Gasteiger partial charge on any atom is -0.481 e. The van der Waals surface area contributed by atoms with Gasteiger partial charge in [-0.05, 0) is 36.6 Å². The number of aliphatic carboxylic acids is 1. The zero-order valence-corrected chi connectivity index (χ0v) is 12.8. The van der Waals surface area contributed by atoms with E-state index in [0.717, 1.165) is 22.9 Å². The number of carboxylic acids is 1. The molecule has 116 valence electrons. The zero-order chi connectivity index (χ0) is 15.7. The molecule has 1 aromatic carbocycles. The Bertz CT molecular complexity index is 725. The van der Waals surface area contributed by atoms with E-state index in [2.05, 4.69) is 4.98 Å². The number of likely N-dealkylation sites (tertiary alicyclic amines) is 1. The average molecular weight is 321 g/mol. The Morgan fingerprint density at radius 2 is 2.23 bits per heavy atom. The number of benzene rings is 1. The molecule has 1 atom stereocenters. The Morgan fingerprint density at radius 3 is 3.00 bits per heavy atom. The third-order valence-corrected chi connectivity index (χ3v) is 4.43. The van der Waals surface area contributed by atoms with Crippen LogP contribution in [0.3, 0.4) is 0 Å². The van der Waals surface area contributed by atoms with Crippen LogP contribution >= 0.6 is 11.6 Å². The molecular formula is C16H17ClN2O3. The van der Waals surface area contributed by atoms with E-state index < -0.39 is 11.9 Å². The maximum Gasteiger partial charge on any atom is 0.308 e. The molecule has 1 amide bonds. The number of amides is 1. The number of hydrogen-bond acceptors (Lipinski definition) is 2. The number of carboxylic acid groups (broad SMARTS) is 1. The van der Waals surface area contributed by atoms with Crippen LogP contribution in [0.5, 0.6) is 0 Å². The first-order chi connectivity index (χ1) is 10.5. The van der Waals surface area contributed by atoms with E-state index in [1.807, 2.05) is 18.3 Å². The highest BCUT2D eigenvalue weighted by Gasteiger charge is 2.28. The number of aromatic nitrogens is 1. The van der Waals surface area contributed by atoms with Crippen molar-refractivity contribution in [3.63, 3.8) is 0 Å². The maximum atomic E-state index is 12.4. The Labute approximate surface area is 132 Å².